The van der Waals surface area contributed by atoms with Gasteiger partial charge in [-0.3, -0.25) is 9.59 Å². The molecule has 1 amide bonds. The number of rotatable bonds is 4. The SMILES string of the molecule is COc1ccc(Nc2ccc(C3=NNC(=O)C[C@H]3C)cc2)c(F)c1F.O=CO. The summed E-state index contributed by atoms with van der Waals surface area (Å²) in [6, 6.07) is 9.87. The summed E-state index contributed by atoms with van der Waals surface area (Å²) >= 11 is 0. The van der Waals surface area contributed by atoms with E-state index in [0.29, 0.717) is 12.1 Å². The van der Waals surface area contributed by atoms with E-state index in [0.717, 1.165) is 11.3 Å². The molecule has 28 heavy (non-hydrogen) atoms. The van der Waals surface area contributed by atoms with Crippen molar-refractivity contribution in [1.29, 1.82) is 0 Å². The van der Waals surface area contributed by atoms with E-state index < -0.39 is 11.6 Å². The summed E-state index contributed by atoms with van der Waals surface area (Å²) in [6.45, 7) is 1.68. The third kappa shape index (κ3) is 4.81. The zero-order valence-corrected chi connectivity index (χ0v) is 15.2. The van der Waals surface area contributed by atoms with Crippen LogP contribution in [0.3, 0.4) is 0 Å². The predicted molar refractivity (Wildman–Crippen MR) is 99.8 cm³/mol. The van der Waals surface area contributed by atoms with E-state index in [1.54, 1.807) is 12.1 Å². The molecule has 0 fully saturated rings. The van der Waals surface area contributed by atoms with Crippen molar-refractivity contribution in [1.82, 2.24) is 5.43 Å². The Hall–Kier alpha value is -3.49. The van der Waals surface area contributed by atoms with Gasteiger partial charge in [-0.05, 0) is 29.8 Å². The molecule has 1 aliphatic heterocycles. The molecule has 2 aromatic rings. The van der Waals surface area contributed by atoms with Gasteiger partial charge in [0.05, 0.1) is 18.5 Å². The van der Waals surface area contributed by atoms with Crippen LogP contribution >= 0.6 is 0 Å². The van der Waals surface area contributed by atoms with Crippen molar-refractivity contribution >= 4 is 29.5 Å². The molecule has 1 aliphatic rings. The molecule has 9 heteroatoms. The van der Waals surface area contributed by atoms with Crippen LogP contribution in [0.2, 0.25) is 0 Å². The summed E-state index contributed by atoms with van der Waals surface area (Å²) in [5, 5.41) is 13.8. The summed E-state index contributed by atoms with van der Waals surface area (Å²) in [4.78, 5) is 19.7. The molecule has 1 atom stereocenters. The molecule has 0 saturated carbocycles. The summed E-state index contributed by atoms with van der Waals surface area (Å²) in [6.07, 6.45) is 0.384. The molecule has 1 heterocycles. The van der Waals surface area contributed by atoms with Crippen LogP contribution in [0, 0.1) is 17.6 Å². The molecule has 7 nitrogen and oxygen atoms in total. The first-order valence-electron chi connectivity index (χ1n) is 8.25. The molecule has 0 saturated heterocycles. The van der Waals surface area contributed by atoms with E-state index in [1.807, 2.05) is 19.1 Å². The zero-order valence-electron chi connectivity index (χ0n) is 15.2. The maximum absolute atomic E-state index is 14.0. The van der Waals surface area contributed by atoms with Crippen LogP contribution in [0.25, 0.3) is 0 Å². The highest BCUT2D eigenvalue weighted by Gasteiger charge is 2.21. The second-order valence-corrected chi connectivity index (χ2v) is 5.89. The number of methoxy groups -OCH3 is 1. The van der Waals surface area contributed by atoms with Crippen LogP contribution < -0.4 is 15.5 Å². The van der Waals surface area contributed by atoms with E-state index in [-0.39, 0.29) is 29.7 Å². The van der Waals surface area contributed by atoms with Gasteiger partial charge >= 0.3 is 0 Å². The Morgan fingerprint density at radius 1 is 1.21 bits per heavy atom. The monoisotopic (exact) mass is 391 g/mol. The van der Waals surface area contributed by atoms with Crippen molar-refractivity contribution in [2.75, 3.05) is 12.4 Å². The number of hydrazone groups is 1. The minimum absolute atomic E-state index is 0.0145. The second kappa shape index (κ2) is 9.45. The number of amides is 1. The fraction of sp³-hybridized carbons (Fsp3) is 0.211. The lowest BCUT2D eigenvalue weighted by molar-refractivity contribution is -0.123. The number of nitrogens with one attached hydrogen (secondary N) is 2. The Morgan fingerprint density at radius 3 is 2.43 bits per heavy atom. The van der Waals surface area contributed by atoms with Gasteiger partial charge in [-0.15, -0.1) is 0 Å². The number of nitrogens with zero attached hydrogens (tertiary/aromatic N) is 1. The molecule has 0 spiro atoms. The quantitative estimate of drug-likeness (QED) is 0.695. The minimum Gasteiger partial charge on any atom is -0.494 e. The molecule has 0 unspecified atom stereocenters. The molecule has 2 aromatic carbocycles. The third-order valence-electron chi connectivity index (χ3n) is 3.99. The molecular weight excluding hydrogens is 372 g/mol. The number of carboxylic acid groups (broad SMARTS) is 1. The number of hydrogen-bond acceptors (Lipinski definition) is 5. The van der Waals surface area contributed by atoms with Gasteiger partial charge < -0.3 is 15.2 Å². The number of halogens is 2. The topological polar surface area (TPSA) is 100 Å². The van der Waals surface area contributed by atoms with E-state index in [9.17, 15) is 13.6 Å². The first-order chi connectivity index (χ1) is 13.4. The number of carbonyl (C=O) groups is 2. The van der Waals surface area contributed by atoms with Crippen LogP contribution in [0.15, 0.2) is 41.5 Å². The van der Waals surface area contributed by atoms with Crippen molar-refractivity contribution in [3.8, 4) is 5.75 Å². The van der Waals surface area contributed by atoms with Gasteiger partial charge in [0.1, 0.15) is 0 Å². The average Bonchev–Trinajstić information content (AvgIpc) is 2.67. The molecular formula is C19H19F2N3O4. The summed E-state index contributed by atoms with van der Waals surface area (Å²) in [7, 11) is 1.28. The van der Waals surface area contributed by atoms with Crippen LogP contribution in [-0.2, 0) is 9.59 Å². The first kappa shape index (κ1) is 20.8. The lowest BCUT2D eigenvalue weighted by Crippen LogP contribution is -2.31. The van der Waals surface area contributed by atoms with E-state index >= 15 is 0 Å². The normalized spacial score (nSPS) is 15.5. The highest BCUT2D eigenvalue weighted by Crippen LogP contribution is 2.28. The zero-order chi connectivity index (χ0) is 20.7. The van der Waals surface area contributed by atoms with Gasteiger partial charge in [0.25, 0.3) is 6.47 Å². The van der Waals surface area contributed by atoms with E-state index in [2.05, 4.69) is 15.8 Å². The number of anilines is 2. The fourth-order valence-corrected chi connectivity index (χ4v) is 2.67. The average molecular weight is 391 g/mol. The molecule has 0 bridgehead atoms. The van der Waals surface area contributed by atoms with Gasteiger partial charge in [-0.25, -0.2) is 9.82 Å². The maximum atomic E-state index is 14.0. The summed E-state index contributed by atoms with van der Waals surface area (Å²) < 4.78 is 32.5. The summed E-state index contributed by atoms with van der Waals surface area (Å²) in [5.41, 5.74) is 4.73. The standard InChI is InChI=1S/C18H17F2N3O2.CH2O2/c1-10-9-15(24)22-23-18(10)11-3-5-12(6-4-11)21-13-7-8-14(25-2)17(20)16(13)19;2-1-3/h3-8,10,21H,9H2,1-2H3,(H,22,24);1H,(H,2,3)/t10-;/m1./s1. The van der Waals surface area contributed by atoms with Gasteiger partial charge in [-0.2, -0.15) is 9.49 Å². The van der Waals surface area contributed by atoms with E-state index in [1.165, 1.54) is 19.2 Å². The van der Waals surface area contributed by atoms with Gasteiger partial charge in [0, 0.05) is 18.0 Å². The Bertz CT molecular complexity index is 885. The van der Waals surface area contributed by atoms with Gasteiger partial charge in [0.2, 0.25) is 11.7 Å². The highest BCUT2D eigenvalue weighted by molar-refractivity contribution is 6.05. The second-order valence-electron chi connectivity index (χ2n) is 5.89. The lowest BCUT2D eigenvalue weighted by atomic mass is 9.94. The first-order valence-corrected chi connectivity index (χ1v) is 8.25. The minimum atomic E-state index is -1.04. The fourth-order valence-electron chi connectivity index (χ4n) is 2.67. The van der Waals surface area contributed by atoms with Gasteiger partial charge in [0.15, 0.2) is 11.6 Å². The molecule has 0 radical (unpaired) electrons. The smallest absolute Gasteiger partial charge is 0.290 e. The Labute approximate surface area is 160 Å². The summed E-state index contributed by atoms with van der Waals surface area (Å²) in [5.74, 6) is -2.28. The van der Waals surface area contributed by atoms with Crippen molar-refractivity contribution in [2.45, 2.75) is 13.3 Å². The third-order valence-corrected chi connectivity index (χ3v) is 3.99. The lowest BCUT2D eigenvalue weighted by Gasteiger charge is -2.19. The molecule has 3 N–H and O–H groups in total. The number of ether oxygens (including phenoxy) is 1. The number of hydrogen-bond donors (Lipinski definition) is 3. The Balaban J connectivity index is 0.000000878. The van der Waals surface area contributed by atoms with Crippen LogP contribution in [-0.4, -0.2) is 30.3 Å². The van der Waals surface area contributed by atoms with Crippen molar-refractivity contribution in [2.24, 2.45) is 11.0 Å². The van der Waals surface area contributed by atoms with Gasteiger partial charge in [-0.1, -0.05) is 19.1 Å². The van der Waals surface area contributed by atoms with Crippen molar-refractivity contribution in [3.05, 3.63) is 53.6 Å². The predicted octanol–water partition coefficient (Wildman–Crippen LogP) is 3.28. The maximum Gasteiger partial charge on any atom is 0.290 e. The number of benzene rings is 2. The largest absolute Gasteiger partial charge is 0.494 e. The van der Waals surface area contributed by atoms with Crippen LogP contribution in [0.4, 0.5) is 20.2 Å². The Morgan fingerprint density at radius 2 is 1.86 bits per heavy atom. The molecule has 0 aliphatic carbocycles. The van der Waals surface area contributed by atoms with Crippen molar-refractivity contribution < 1.29 is 28.2 Å². The Kier molecular flexibility index (Phi) is 7.02. The van der Waals surface area contributed by atoms with Crippen molar-refractivity contribution in [3.63, 3.8) is 0 Å². The molecule has 3 rings (SSSR count). The van der Waals surface area contributed by atoms with Crippen LogP contribution in [0.1, 0.15) is 18.9 Å². The highest BCUT2D eigenvalue weighted by atomic mass is 19.2. The molecule has 148 valence electrons. The molecule has 0 aromatic heterocycles. The van der Waals surface area contributed by atoms with Crippen LogP contribution in [0.5, 0.6) is 5.75 Å². The number of carbonyl (C=O) groups excluding carboxylic acids is 1. The van der Waals surface area contributed by atoms with E-state index in [4.69, 9.17) is 14.6 Å².